The summed E-state index contributed by atoms with van der Waals surface area (Å²) >= 11 is 0. The maximum absolute atomic E-state index is 12.5. The van der Waals surface area contributed by atoms with Crippen LogP contribution in [0.2, 0.25) is 0 Å². The third-order valence-electron chi connectivity index (χ3n) is 3.95. The number of nitrogens with one attached hydrogen (secondary N) is 2. The molecule has 2 aromatic rings. The Hall–Kier alpha value is -3.95. The lowest BCUT2D eigenvalue weighted by Gasteiger charge is -2.16. The molecule has 0 aliphatic rings. The predicted molar refractivity (Wildman–Crippen MR) is 109 cm³/mol. The molecule has 0 bridgehead atoms. The quantitative estimate of drug-likeness (QED) is 0.368. The van der Waals surface area contributed by atoms with E-state index in [1.54, 1.807) is 13.0 Å². The van der Waals surface area contributed by atoms with E-state index in [0.29, 0.717) is 5.56 Å². The normalized spacial score (nSPS) is 11.5. The summed E-state index contributed by atoms with van der Waals surface area (Å²) < 4.78 is 9.79. The van der Waals surface area contributed by atoms with Crippen LogP contribution in [0.25, 0.3) is 0 Å². The van der Waals surface area contributed by atoms with E-state index < -0.39 is 23.0 Å². The van der Waals surface area contributed by atoms with E-state index in [1.807, 2.05) is 30.3 Å². The molecule has 10 nitrogen and oxygen atoms in total. The van der Waals surface area contributed by atoms with Crippen LogP contribution in [0.3, 0.4) is 0 Å². The van der Waals surface area contributed by atoms with E-state index in [2.05, 4.69) is 15.8 Å². The first kappa shape index (κ1) is 22.3. The number of hydrazone groups is 1. The van der Waals surface area contributed by atoms with Crippen LogP contribution in [-0.2, 0) is 16.0 Å². The van der Waals surface area contributed by atoms with Crippen LogP contribution in [0.1, 0.15) is 18.1 Å². The van der Waals surface area contributed by atoms with Crippen molar-refractivity contribution in [3.05, 3.63) is 69.8 Å². The van der Waals surface area contributed by atoms with Gasteiger partial charge in [0.2, 0.25) is 0 Å². The van der Waals surface area contributed by atoms with E-state index in [1.165, 1.54) is 25.5 Å². The highest BCUT2D eigenvalue weighted by Crippen LogP contribution is 2.26. The number of methoxy groups -OCH3 is 1. The lowest BCUT2D eigenvalue weighted by atomic mass is 10.1. The molecule has 2 N–H and O–H groups in total. The van der Waals surface area contributed by atoms with Gasteiger partial charge in [-0.2, -0.15) is 5.10 Å². The number of hydrogen-bond donors (Lipinski definition) is 2. The third kappa shape index (κ3) is 6.59. The molecule has 1 atom stereocenters. The standard InChI is InChI=1S/C20H22N4O6/c1-3-30-20(26)22-16(11-14-7-5-4-6-8-14)19(25)23-21-13-15-9-10-18(29-2)17(12-15)24(27)28/h4-10,12-13,16H,3,11H2,1-2H3,(H,22,26)(H,23,25)/b21-13-/t16-/m0/s1. The summed E-state index contributed by atoms with van der Waals surface area (Å²) in [6, 6.07) is 12.5. The minimum absolute atomic E-state index is 0.114. The number of rotatable bonds is 9. The number of hydrogen-bond acceptors (Lipinski definition) is 7. The van der Waals surface area contributed by atoms with Gasteiger partial charge in [0.15, 0.2) is 5.75 Å². The van der Waals surface area contributed by atoms with Crippen LogP contribution in [0, 0.1) is 10.1 Å². The summed E-state index contributed by atoms with van der Waals surface area (Å²) in [6.07, 6.45) is 0.770. The van der Waals surface area contributed by atoms with Crippen molar-refractivity contribution in [2.45, 2.75) is 19.4 Å². The number of benzene rings is 2. The monoisotopic (exact) mass is 414 g/mol. The van der Waals surface area contributed by atoms with E-state index in [9.17, 15) is 19.7 Å². The van der Waals surface area contributed by atoms with Gasteiger partial charge in [0.05, 0.1) is 24.9 Å². The number of amides is 2. The highest BCUT2D eigenvalue weighted by molar-refractivity contribution is 5.88. The molecule has 0 fully saturated rings. The van der Waals surface area contributed by atoms with Crippen molar-refractivity contribution >= 4 is 23.9 Å². The van der Waals surface area contributed by atoms with Crippen LogP contribution >= 0.6 is 0 Å². The average Bonchev–Trinajstić information content (AvgIpc) is 2.74. The van der Waals surface area contributed by atoms with Crippen LogP contribution in [0.4, 0.5) is 10.5 Å². The van der Waals surface area contributed by atoms with Crippen LogP contribution in [0.15, 0.2) is 53.6 Å². The Morgan fingerprint density at radius 1 is 1.23 bits per heavy atom. The average molecular weight is 414 g/mol. The summed E-state index contributed by atoms with van der Waals surface area (Å²) in [5, 5.41) is 17.4. The van der Waals surface area contributed by atoms with Crippen molar-refractivity contribution in [3.8, 4) is 5.75 Å². The number of nitrogens with zero attached hydrogens (tertiary/aromatic N) is 2. The first-order valence-corrected chi connectivity index (χ1v) is 9.07. The van der Waals surface area contributed by atoms with Crippen LogP contribution < -0.4 is 15.5 Å². The van der Waals surface area contributed by atoms with Crippen molar-refractivity contribution in [1.29, 1.82) is 0 Å². The number of nitro benzene ring substituents is 1. The van der Waals surface area contributed by atoms with E-state index in [0.717, 1.165) is 5.56 Å². The first-order chi connectivity index (χ1) is 14.4. The zero-order valence-corrected chi connectivity index (χ0v) is 16.5. The van der Waals surface area contributed by atoms with Crippen molar-refractivity contribution in [2.75, 3.05) is 13.7 Å². The van der Waals surface area contributed by atoms with Gasteiger partial charge in [0.25, 0.3) is 5.91 Å². The molecular formula is C20H22N4O6. The van der Waals surface area contributed by atoms with E-state index >= 15 is 0 Å². The Morgan fingerprint density at radius 2 is 1.97 bits per heavy atom. The number of carbonyl (C=O) groups excluding carboxylic acids is 2. The fraction of sp³-hybridized carbons (Fsp3) is 0.250. The van der Waals surface area contributed by atoms with E-state index in [4.69, 9.17) is 9.47 Å². The Morgan fingerprint density at radius 3 is 2.60 bits per heavy atom. The highest BCUT2D eigenvalue weighted by Gasteiger charge is 2.21. The Kier molecular flexibility index (Phi) is 8.30. The van der Waals surface area contributed by atoms with E-state index in [-0.39, 0.29) is 24.5 Å². The summed E-state index contributed by atoms with van der Waals surface area (Å²) in [5.41, 5.74) is 3.34. The SMILES string of the molecule is CCOC(=O)N[C@@H](Cc1ccccc1)C(=O)N/N=C\c1ccc(OC)c([N+](=O)[O-])c1. The maximum Gasteiger partial charge on any atom is 0.407 e. The van der Waals surface area contributed by atoms with Gasteiger partial charge < -0.3 is 14.8 Å². The summed E-state index contributed by atoms with van der Waals surface area (Å²) in [6.45, 7) is 1.82. The lowest BCUT2D eigenvalue weighted by molar-refractivity contribution is -0.385. The molecule has 0 aliphatic heterocycles. The van der Waals surface area contributed by atoms with Crippen molar-refractivity contribution in [1.82, 2.24) is 10.7 Å². The minimum Gasteiger partial charge on any atom is -0.490 e. The predicted octanol–water partition coefficient (Wildman–Crippen LogP) is 2.41. The molecule has 0 aromatic heterocycles. The Balaban J connectivity index is 2.09. The second kappa shape index (κ2) is 11.1. The first-order valence-electron chi connectivity index (χ1n) is 9.07. The molecule has 0 unspecified atom stereocenters. The molecule has 30 heavy (non-hydrogen) atoms. The fourth-order valence-electron chi connectivity index (χ4n) is 2.55. The number of nitro groups is 1. The van der Waals surface area contributed by atoms with Gasteiger partial charge in [-0.3, -0.25) is 14.9 Å². The molecule has 2 amide bonds. The molecule has 0 spiro atoms. The Bertz CT molecular complexity index is 917. The minimum atomic E-state index is -0.922. The summed E-state index contributed by atoms with van der Waals surface area (Å²) in [5.74, 6) is -0.450. The molecule has 2 aromatic carbocycles. The van der Waals surface area contributed by atoms with Gasteiger partial charge in [-0.25, -0.2) is 10.2 Å². The van der Waals surface area contributed by atoms with Gasteiger partial charge in [-0.1, -0.05) is 30.3 Å². The second-order valence-corrected chi connectivity index (χ2v) is 6.03. The number of alkyl carbamates (subject to hydrolysis) is 1. The largest absolute Gasteiger partial charge is 0.490 e. The molecule has 158 valence electrons. The second-order valence-electron chi connectivity index (χ2n) is 6.03. The van der Waals surface area contributed by atoms with Gasteiger partial charge in [-0.05, 0) is 24.6 Å². The highest BCUT2D eigenvalue weighted by atomic mass is 16.6. The summed E-state index contributed by atoms with van der Waals surface area (Å²) in [7, 11) is 1.33. The topological polar surface area (TPSA) is 132 Å². The van der Waals surface area contributed by atoms with Gasteiger partial charge >= 0.3 is 11.8 Å². The van der Waals surface area contributed by atoms with Gasteiger partial charge in [-0.15, -0.1) is 0 Å². The number of carbonyl (C=O) groups is 2. The van der Waals surface area contributed by atoms with Gasteiger partial charge in [0, 0.05) is 18.1 Å². The Labute approximate surface area is 173 Å². The molecule has 0 heterocycles. The fourth-order valence-corrected chi connectivity index (χ4v) is 2.55. The zero-order chi connectivity index (χ0) is 21.9. The molecule has 0 aliphatic carbocycles. The number of ether oxygens (including phenoxy) is 2. The third-order valence-corrected chi connectivity index (χ3v) is 3.95. The van der Waals surface area contributed by atoms with Crippen LogP contribution in [0.5, 0.6) is 5.75 Å². The molecule has 2 rings (SSSR count). The van der Waals surface area contributed by atoms with Gasteiger partial charge in [0.1, 0.15) is 6.04 Å². The maximum atomic E-state index is 12.5. The molecule has 0 saturated heterocycles. The van der Waals surface area contributed by atoms with Crippen molar-refractivity contribution in [2.24, 2.45) is 5.10 Å². The molecule has 0 saturated carbocycles. The zero-order valence-electron chi connectivity index (χ0n) is 16.5. The van der Waals surface area contributed by atoms with Crippen LogP contribution in [-0.4, -0.2) is 42.9 Å². The molecule has 10 heteroatoms. The molecular weight excluding hydrogens is 392 g/mol. The smallest absolute Gasteiger partial charge is 0.407 e. The lowest BCUT2D eigenvalue weighted by Crippen LogP contribution is -2.47. The summed E-state index contributed by atoms with van der Waals surface area (Å²) in [4.78, 5) is 34.8. The van der Waals surface area contributed by atoms with Crippen molar-refractivity contribution < 1.29 is 24.0 Å². The van der Waals surface area contributed by atoms with Crippen molar-refractivity contribution in [3.63, 3.8) is 0 Å². The molecule has 0 radical (unpaired) electrons.